The molecule has 0 aromatic rings. The summed E-state index contributed by atoms with van der Waals surface area (Å²) in [6, 6.07) is 0. The molecule has 20 heavy (non-hydrogen) atoms. The molecular formula is C15H28N2O3. The Balaban J connectivity index is 2.79. The maximum Gasteiger partial charge on any atom is 0.325 e. The van der Waals surface area contributed by atoms with Crippen LogP contribution in [0.5, 0.6) is 0 Å². The molecule has 1 aliphatic rings. The van der Waals surface area contributed by atoms with Crippen LogP contribution in [0.15, 0.2) is 0 Å². The highest BCUT2D eigenvalue weighted by Gasteiger charge is 2.40. The monoisotopic (exact) mass is 284 g/mol. The summed E-state index contributed by atoms with van der Waals surface area (Å²) in [5, 5.41) is 3.23. The third-order valence-electron chi connectivity index (χ3n) is 4.35. The van der Waals surface area contributed by atoms with Gasteiger partial charge in [0.15, 0.2) is 0 Å². The molecule has 1 saturated heterocycles. The first-order chi connectivity index (χ1) is 9.46. The van der Waals surface area contributed by atoms with E-state index in [2.05, 4.69) is 19.2 Å². The average Bonchev–Trinajstić information content (AvgIpc) is 2.90. The van der Waals surface area contributed by atoms with Crippen molar-refractivity contribution >= 4 is 11.9 Å². The molecule has 1 heterocycles. The lowest BCUT2D eigenvalue weighted by atomic mass is 9.87. The summed E-state index contributed by atoms with van der Waals surface area (Å²) < 4.78 is 4.73. The number of methoxy groups -OCH3 is 1. The SMILES string of the molecule is CCC(CC)CN(CC(=O)OC)C(=O)C1(C)CCNC1. The number of carbonyl (C=O) groups excluding carboxylic acids is 2. The minimum Gasteiger partial charge on any atom is -0.468 e. The maximum atomic E-state index is 12.8. The topological polar surface area (TPSA) is 58.6 Å². The van der Waals surface area contributed by atoms with Crippen molar-refractivity contribution in [2.75, 3.05) is 33.3 Å². The van der Waals surface area contributed by atoms with Crippen molar-refractivity contribution in [1.29, 1.82) is 0 Å². The third kappa shape index (κ3) is 4.20. The highest BCUT2D eigenvalue weighted by molar-refractivity contribution is 5.86. The van der Waals surface area contributed by atoms with Crippen LogP contribution >= 0.6 is 0 Å². The molecular weight excluding hydrogens is 256 g/mol. The smallest absolute Gasteiger partial charge is 0.325 e. The number of nitrogens with zero attached hydrogens (tertiary/aromatic N) is 1. The van der Waals surface area contributed by atoms with Crippen LogP contribution in [0.3, 0.4) is 0 Å². The summed E-state index contributed by atoms with van der Waals surface area (Å²) in [6.45, 7) is 8.46. The van der Waals surface area contributed by atoms with Gasteiger partial charge in [-0.05, 0) is 25.8 Å². The largest absolute Gasteiger partial charge is 0.468 e. The first kappa shape index (κ1) is 17.0. The van der Waals surface area contributed by atoms with E-state index in [1.165, 1.54) is 7.11 Å². The van der Waals surface area contributed by atoms with Crippen LogP contribution in [-0.4, -0.2) is 50.1 Å². The molecule has 1 atom stereocenters. The summed E-state index contributed by atoms with van der Waals surface area (Å²) >= 11 is 0. The number of rotatable bonds is 7. The lowest BCUT2D eigenvalue weighted by molar-refractivity contribution is -0.151. The fraction of sp³-hybridized carbons (Fsp3) is 0.867. The summed E-state index contributed by atoms with van der Waals surface area (Å²) in [5.74, 6) is 0.153. The predicted molar refractivity (Wildman–Crippen MR) is 78.3 cm³/mol. The van der Waals surface area contributed by atoms with Crippen molar-refractivity contribution in [2.45, 2.75) is 40.0 Å². The molecule has 5 nitrogen and oxygen atoms in total. The lowest BCUT2D eigenvalue weighted by Gasteiger charge is -2.32. The van der Waals surface area contributed by atoms with Gasteiger partial charge < -0.3 is 15.0 Å². The molecule has 1 unspecified atom stereocenters. The number of nitrogens with one attached hydrogen (secondary N) is 1. The van der Waals surface area contributed by atoms with E-state index in [4.69, 9.17) is 4.74 Å². The molecule has 0 spiro atoms. The molecule has 0 radical (unpaired) electrons. The molecule has 1 rings (SSSR count). The second-order valence-electron chi connectivity index (χ2n) is 5.93. The molecule has 1 amide bonds. The highest BCUT2D eigenvalue weighted by Crippen LogP contribution is 2.28. The highest BCUT2D eigenvalue weighted by atomic mass is 16.5. The van der Waals surface area contributed by atoms with Crippen molar-refractivity contribution in [3.63, 3.8) is 0 Å². The first-order valence-electron chi connectivity index (χ1n) is 7.53. The van der Waals surface area contributed by atoms with E-state index in [-0.39, 0.29) is 23.8 Å². The minimum absolute atomic E-state index is 0.0570. The van der Waals surface area contributed by atoms with E-state index in [9.17, 15) is 9.59 Å². The van der Waals surface area contributed by atoms with Crippen LogP contribution < -0.4 is 5.32 Å². The maximum absolute atomic E-state index is 12.8. The molecule has 0 aromatic carbocycles. The van der Waals surface area contributed by atoms with Gasteiger partial charge in [-0.1, -0.05) is 26.7 Å². The van der Waals surface area contributed by atoms with Crippen LogP contribution in [0, 0.1) is 11.3 Å². The second kappa shape index (κ2) is 7.62. The lowest BCUT2D eigenvalue weighted by Crippen LogP contribution is -2.47. The zero-order valence-corrected chi connectivity index (χ0v) is 13.2. The van der Waals surface area contributed by atoms with Crippen LogP contribution in [-0.2, 0) is 14.3 Å². The zero-order chi connectivity index (χ0) is 15.2. The molecule has 1 fully saturated rings. The molecule has 0 bridgehead atoms. The molecule has 0 aliphatic carbocycles. The summed E-state index contributed by atoms with van der Waals surface area (Å²) in [4.78, 5) is 26.0. The van der Waals surface area contributed by atoms with Crippen molar-refractivity contribution in [3.8, 4) is 0 Å². The Labute approximate surface area is 122 Å². The number of hydrogen-bond acceptors (Lipinski definition) is 4. The fourth-order valence-electron chi connectivity index (χ4n) is 2.68. The number of amides is 1. The number of ether oxygens (including phenoxy) is 1. The quantitative estimate of drug-likeness (QED) is 0.718. The Hall–Kier alpha value is -1.10. The minimum atomic E-state index is -0.389. The van der Waals surface area contributed by atoms with Gasteiger partial charge in [-0.25, -0.2) is 0 Å². The van der Waals surface area contributed by atoms with E-state index in [0.29, 0.717) is 19.0 Å². The summed E-state index contributed by atoms with van der Waals surface area (Å²) in [7, 11) is 1.36. The van der Waals surface area contributed by atoms with E-state index >= 15 is 0 Å². The summed E-state index contributed by atoms with van der Waals surface area (Å²) in [5.41, 5.74) is -0.389. The van der Waals surface area contributed by atoms with Gasteiger partial charge in [-0.3, -0.25) is 9.59 Å². The van der Waals surface area contributed by atoms with Crippen molar-refractivity contribution in [3.05, 3.63) is 0 Å². The zero-order valence-electron chi connectivity index (χ0n) is 13.2. The number of hydrogen-bond donors (Lipinski definition) is 1. The van der Waals surface area contributed by atoms with Crippen LogP contribution in [0.1, 0.15) is 40.0 Å². The van der Waals surface area contributed by atoms with Crippen LogP contribution in [0.2, 0.25) is 0 Å². The van der Waals surface area contributed by atoms with Gasteiger partial charge in [0.25, 0.3) is 0 Å². The Bertz CT molecular complexity index is 334. The Morgan fingerprint density at radius 2 is 2.00 bits per heavy atom. The molecule has 5 heteroatoms. The second-order valence-corrected chi connectivity index (χ2v) is 5.93. The van der Waals surface area contributed by atoms with E-state index in [0.717, 1.165) is 25.8 Å². The molecule has 0 aromatic heterocycles. The van der Waals surface area contributed by atoms with Gasteiger partial charge in [0.05, 0.1) is 12.5 Å². The third-order valence-corrected chi connectivity index (χ3v) is 4.35. The Kier molecular flexibility index (Phi) is 6.46. The van der Waals surface area contributed by atoms with E-state index in [1.54, 1.807) is 4.90 Å². The van der Waals surface area contributed by atoms with Gasteiger partial charge in [-0.15, -0.1) is 0 Å². The molecule has 1 N–H and O–H groups in total. The van der Waals surface area contributed by atoms with Gasteiger partial charge in [-0.2, -0.15) is 0 Å². The van der Waals surface area contributed by atoms with Gasteiger partial charge in [0.2, 0.25) is 5.91 Å². The average molecular weight is 284 g/mol. The summed E-state index contributed by atoms with van der Waals surface area (Å²) in [6.07, 6.45) is 2.85. The van der Waals surface area contributed by atoms with Crippen molar-refractivity contribution in [2.24, 2.45) is 11.3 Å². The number of esters is 1. The normalized spacial score (nSPS) is 22.1. The van der Waals surface area contributed by atoms with Crippen molar-refractivity contribution < 1.29 is 14.3 Å². The molecule has 1 aliphatic heterocycles. The van der Waals surface area contributed by atoms with Gasteiger partial charge in [0, 0.05) is 13.1 Å². The van der Waals surface area contributed by atoms with Crippen LogP contribution in [0.4, 0.5) is 0 Å². The Morgan fingerprint density at radius 1 is 1.35 bits per heavy atom. The van der Waals surface area contributed by atoms with E-state index in [1.807, 2.05) is 6.92 Å². The van der Waals surface area contributed by atoms with E-state index < -0.39 is 0 Å². The van der Waals surface area contributed by atoms with Gasteiger partial charge >= 0.3 is 5.97 Å². The van der Waals surface area contributed by atoms with Crippen LogP contribution in [0.25, 0.3) is 0 Å². The number of carbonyl (C=O) groups is 2. The standard InChI is InChI=1S/C15H28N2O3/c1-5-12(6-2)9-17(10-13(18)20-4)14(19)15(3)7-8-16-11-15/h12,16H,5-11H2,1-4H3. The fourth-order valence-corrected chi connectivity index (χ4v) is 2.68. The molecule has 0 saturated carbocycles. The predicted octanol–water partition coefficient (Wildman–Crippen LogP) is 1.42. The molecule has 116 valence electrons. The first-order valence-corrected chi connectivity index (χ1v) is 7.53. The van der Waals surface area contributed by atoms with Gasteiger partial charge in [0.1, 0.15) is 6.54 Å². The van der Waals surface area contributed by atoms with Crippen molar-refractivity contribution in [1.82, 2.24) is 10.2 Å². The Morgan fingerprint density at radius 3 is 2.45 bits per heavy atom.